The van der Waals surface area contributed by atoms with Crippen LogP contribution in [0.1, 0.15) is 30.6 Å². The second-order valence-corrected chi connectivity index (χ2v) is 7.46. The van der Waals surface area contributed by atoms with Gasteiger partial charge in [-0.25, -0.2) is 9.37 Å². The van der Waals surface area contributed by atoms with Crippen LogP contribution in [-0.2, 0) is 9.59 Å². The summed E-state index contributed by atoms with van der Waals surface area (Å²) in [5, 5.41) is 12.5. The second kappa shape index (κ2) is 7.31. The van der Waals surface area contributed by atoms with Crippen LogP contribution in [0.4, 0.5) is 9.52 Å². The summed E-state index contributed by atoms with van der Waals surface area (Å²) in [4.78, 5) is 29.2. The molecule has 1 aliphatic rings. The van der Waals surface area contributed by atoms with Gasteiger partial charge in [-0.2, -0.15) is 0 Å². The Labute approximate surface area is 148 Å². The fourth-order valence-corrected chi connectivity index (χ4v) is 4.10. The van der Waals surface area contributed by atoms with E-state index in [1.165, 1.54) is 23.5 Å². The minimum absolute atomic E-state index is 0.286. The highest BCUT2D eigenvalue weighted by atomic mass is 32.1. The number of carboxylic acids is 1. The molecular weight excluding hydrogens is 343 g/mol. The number of thiazole rings is 1. The molecular formula is C18H19FN2O3S. The number of aryl methyl sites for hydroxylation is 1. The third-order valence-corrected chi connectivity index (χ3v) is 5.45. The first-order valence-corrected chi connectivity index (χ1v) is 9.04. The molecule has 1 heterocycles. The summed E-state index contributed by atoms with van der Waals surface area (Å²) in [5.74, 6) is -2.67. The molecule has 2 aromatic rings. The average Bonchev–Trinajstić information content (AvgIpc) is 2.95. The standard InChI is InChI=1S/C18H19FN2O3S/c1-10-15(11-6-8-12(19)9-7-11)20-18(25-10)21-16(22)13-4-2-3-5-14(13)17(23)24/h6-9,13-14H,2-5H2,1H3,(H,23,24)(H,20,21,22)/t13-,14-/m1/s1. The van der Waals surface area contributed by atoms with Gasteiger partial charge < -0.3 is 10.4 Å². The number of nitrogens with zero attached hydrogens (tertiary/aromatic N) is 1. The number of aromatic nitrogens is 1. The minimum atomic E-state index is -0.915. The largest absolute Gasteiger partial charge is 0.481 e. The maximum atomic E-state index is 13.1. The first-order valence-electron chi connectivity index (χ1n) is 8.22. The predicted molar refractivity (Wildman–Crippen MR) is 94.0 cm³/mol. The van der Waals surface area contributed by atoms with Crippen molar-refractivity contribution in [1.82, 2.24) is 4.98 Å². The van der Waals surface area contributed by atoms with Crippen LogP contribution in [0.5, 0.6) is 0 Å². The van der Waals surface area contributed by atoms with Crippen LogP contribution in [0.25, 0.3) is 11.3 Å². The maximum Gasteiger partial charge on any atom is 0.307 e. The molecule has 1 aliphatic carbocycles. The summed E-state index contributed by atoms with van der Waals surface area (Å²) in [6.45, 7) is 1.88. The molecule has 0 spiro atoms. The Hall–Kier alpha value is -2.28. The Bertz CT molecular complexity index is 788. The number of nitrogens with one attached hydrogen (secondary N) is 1. The number of aliphatic carboxylic acids is 1. The summed E-state index contributed by atoms with van der Waals surface area (Å²) >= 11 is 1.33. The van der Waals surface area contributed by atoms with Crippen molar-refractivity contribution in [2.24, 2.45) is 11.8 Å². The number of carboxylic acid groups (broad SMARTS) is 1. The third-order valence-electron chi connectivity index (χ3n) is 4.56. The molecule has 1 aromatic carbocycles. The quantitative estimate of drug-likeness (QED) is 0.859. The fourth-order valence-electron chi connectivity index (χ4n) is 3.26. The molecule has 1 aromatic heterocycles. The van der Waals surface area contributed by atoms with Gasteiger partial charge in [-0.3, -0.25) is 9.59 Å². The monoisotopic (exact) mass is 362 g/mol. The van der Waals surface area contributed by atoms with Gasteiger partial charge in [0.15, 0.2) is 5.13 Å². The van der Waals surface area contributed by atoms with Crippen molar-refractivity contribution < 1.29 is 19.1 Å². The molecule has 1 amide bonds. The lowest BCUT2D eigenvalue weighted by molar-refractivity contribution is -0.147. The van der Waals surface area contributed by atoms with E-state index in [2.05, 4.69) is 10.3 Å². The highest BCUT2D eigenvalue weighted by Crippen LogP contribution is 2.34. The molecule has 0 bridgehead atoms. The van der Waals surface area contributed by atoms with E-state index in [0.29, 0.717) is 23.7 Å². The SMILES string of the molecule is Cc1sc(NC(=O)[C@@H]2CCCC[C@H]2C(=O)O)nc1-c1ccc(F)cc1. The highest BCUT2D eigenvalue weighted by Gasteiger charge is 2.36. The zero-order chi connectivity index (χ0) is 18.0. The van der Waals surface area contributed by atoms with Gasteiger partial charge in [0.2, 0.25) is 5.91 Å². The molecule has 2 atom stereocenters. The number of benzene rings is 1. The van der Waals surface area contributed by atoms with Crippen LogP contribution in [0.3, 0.4) is 0 Å². The lowest BCUT2D eigenvalue weighted by Crippen LogP contribution is -2.36. The van der Waals surface area contributed by atoms with Gasteiger partial charge in [0.1, 0.15) is 5.82 Å². The fraction of sp³-hybridized carbons (Fsp3) is 0.389. The molecule has 25 heavy (non-hydrogen) atoms. The Morgan fingerprint density at radius 3 is 2.48 bits per heavy atom. The smallest absolute Gasteiger partial charge is 0.307 e. The van der Waals surface area contributed by atoms with E-state index in [1.807, 2.05) is 6.92 Å². The summed E-state index contributed by atoms with van der Waals surface area (Å²) in [6.07, 6.45) is 2.81. The molecule has 3 rings (SSSR count). The molecule has 1 saturated carbocycles. The van der Waals surface area contributed by atoms with Gasteiger partial charge in [0.25, 0.3) is 0 Å². The van der Waals surface area contributed by atoms with E-state index in [4.69, 9.17) is 0 Å². The molecule has 2 N–H and O–H groups in total. The van der Waals surface area contributed by atoms with Gasteiger partial charge in [0, 0.05) is 10.4 Å². The van der Waals surface area contributed by atoms with Gasteiger partial charge in [-0.15, -0.1) is 11.3 Å². The van der Waals surface area contributed by atoms with Crippen molar-refractivity contribution >= 4 is 28.3 Å². The second-order valence-electron chi connectivity index (χ2n) is 6.26. The number of rotatable bonds is 4. The van der Waals surface area contributed by atoms with E-state index in [0.717, 1.165) is 23.3 Å². The van der Waals surface area contributed by atoms with Crippen LogP contribution in [0, 0.1) is 24.6 Å². The lowest BCUT2D eigenvalue weighted by atomic mass is 9.79. The van der Waals surface area contributed by atoms with Crippen molar-refractivity contribution in [3.8, 4) is 11.3 Å². The van der Waals surface area contributed by atoms with Crippen molar-refractivity contribution in [2.45, 2.75) is 32.6 Å². The molecule has 0 unspecified atom stereocenters. The highest BCUT2D eigenvalue weighted by molar-refractivity contribution is 7.16. The predicted octanol–water partition coefficient (Wildman–Crippen LogP) is 4.09. The first-order chi connectivity index (χ1) is 12.0. The van der Waals surface area contributed by atoms with Crippen LogP contribution in [0.15, 0.2) is 24.3 Å². The van der Waals surface area contributed by atoms with E-state index in [9.17, 15) is 19.1 Å². The Morgan fingerprint density at radius 2 is 1.84 bits per heavy atom. The third kappa shape index (κ3) is 3.87. The molecule has 0 aliphatic heterocycles. The molecule has 0 saturated heterocycles. The van der Waals surface area contributed by atoms with Crippen LogP contribution in [-0.4, -0.2) is 22.0 Å². The van der Waals surface area contributed by atoms with Crippen molar-refractivity contribution in [3.05, 3.63) is 35.0 Å². The van der Waals surface area contributed by atoms with Crippen molar-refractivity contribution in [1.29, 1.82) is 0 Å². The van der Waals surface area contributed by atoms with E-state index >= 15 is 0 Å². The van der Waals surface area contributed by atoms with Crippen LogP contribution >= 0.6 is 11.3 Å². The number of carbonyl (C=O) groups excluding carboxylic acids is 1. The molecule has 7 heteroatoms. The zero-order valence-corrected chi connectivity index (χ0v) is 14.6. The van der Waals surface area contributed by atoms with Gasteiger partial charge in [-0.1, -0.05) is 12.8 Å². The first kappa shape index (κ1) is 17.5. The summed E-state index contributed by atoms with van der Waals surface area (Å²) < 4.78 is 13.1. The van der Waals surface area contributed by atoms with Crippen LogP contribution < -0.4 is 5.32 Å². The number of hydrogen-bond donors (Lipinski definition) is 2. The Kier molecular flexibility index (Phi) is 5.13. The van der Waals surface area contributed by atoms with Crippen molar-refractivity contribution in [2.75, 3.05) is 5.32 Å². The molecule has 132 valence electrons. The number of hydrogen-bond acceptors (Lipinski definition) is 4. The van der Waals surface area contributed by atoms with E-state index < -0.39 is 17.8 Å². The van der Waals surface area contributed by atoms with Gasteiger partial charge in [-0.05, 0) is 44.0 Å². The van der Waals surface area contributed by atoms with E-state index in [1.54, 1.807) is 12.1 Å². The summed E-state index contributed by atoms with van der Waals surface area (Å²) in [6, 6.07) is 6.02. The van der Waals surface area contributed by atoms with Crippen LogP contribution in [0.2, 0.25) is 0 Å². The molecule has 0 radical (unpaired) electrons. The van der Waals surface area contributed by atoms with Gasteiger partial charge in [0.05, 0.1) is 17.5 Å². The number of carbonyl (C=O) groups is 2. The molecule has 1 fully saturated rings. The normalized spacial score (nSPS) is 20.2. The van der Waals surface area contributed by atoms with E-state index in [-0.39, 0.29) is 11.7 Å². The van der Waals surface area contributed by atoms with Gasteiger partial charge >= 0.3 is 5.97 Å². The Balaban J connectivity index is 1.77. The minimum Gasteiger partial charge on any atom is -0.481 e. The number of halogens is 1. The van der Waals surface area contributed by atoms with Crippen molar-refractivity contribution in [3.63, 3.8) is 0 Å². The summed E-state index contributed by atoms with van der Waals surface area (Å²) in [7, 11) is 0. The lowest BCUT2D eigenvalue weighted by Gasteiger charge is -2.26. The molecule has 5 nitrogen and oxygen atoms in total. The zero-order valence-electron chi connectivity index (χ0n) is 13.8. The number of amides is 1. The Morgan fingerprint density at radius 1 is 1.20 bits per heavy atom. The number of anilines is 1. The average molecular weight is 362 g/mol. The summed E-state index contributed by atoms with van der Waals surface area (Å²) in [5.41, 5.74) is 1.47. The topological polar surface area (TPSA) is 79.3 Å². The maximum absolute atomic E-state index is 13.1.